The van der Waals surface area contributed by atoms with E-state index >= 15 is 0 Å². The van der Waals surface area contributed by atoms with Crippen LogP contribution in [-0.2, 0) is 5.41 Å². The zero-order chi connectivity index (χ0) is 19.4. The second-order valence-electron chi connectivity index (χ2n) is 8.52. The van der Waals surface area contributed by atoms with Crippen LogP contribution >= 0.6 is 0 Å². The molecule has 0 aromatic heterocycles. The van der Waals surface area contributed by atoms with E-state index in [4.69, 9.17) is 4.74 Å². The first kappa shape index (κ1) is 20.3. The van der Waals surface area contributed by atoms with Crippen molar-refractivity contribution in [2.75, 3.05) is 6.61 Å². The maximum absolute atomic E-state index is 12.1. The van der Waals surface area contributed by atoms with E-state index in [2.05, 4.69) is 19.1 Å². The van der Waals surface area contributed by atoms with Crippen LogP contribution in [0.15, 0.2) is 36.4 Å². The van der Waals surface area contributed by atoms with Gasteiger partial charge in [0.15, 0.2) is 0 Å². The fourth-order valence-electron chi connectivity index (χ4n) is 5.05. The Morgan fingerprint density at radius 3 is 2.15 bits per heavy atom. The number of fused-ring (bicyclic) bond motifs is 3. The molecule has 0 unspecified atom stereocenters. The highest BCUT2D eigenvalue weighted by Gasteiger charge is 2.48. The van der Waals surface area contributed by atoms with Crippen LogP contribution in [0.2, 0.25) is 0 Å². The van der Waals surface area contributed by atoms with Crippen LogP contribution in [0.3, 0.4) is 0 Å². The second kappa shape index (κ2) is 8.28. The molecule has 0 aliphatic heterocycles. The Labute approximate surface area is 161 Å². The van der Waals surface area contributed by atoms with Crippen molar-refractivity contribution in [1.82, 2.24) is 0 Å². The van der Waals surface area contributed by atoms with Crippen molar-refractivity contribution in [2.24, 2.45) is 5.41 Å². The van der Waals surface area contributed by atoms with E-state index in [-0.39, 0.29) is 12.7 Å². The molecule has 0 heterocycles. The predicted octanol–water partition coefficient (Wildman–Crippen LogP) is 7.36. The van der Waals surface area contributed by atoms with Crippen molar-refractivity contribution < 1.29 is 17.9 Å². The average molecular weight is 380 g/mol. The summed E-state index contributed by atoms with van der Waals surface area (Å²) in [5.74, 6) is 0.627. The molecule has 2 bridgehead atoms. The van der Waals surface area contributed by atoms with Crippen molar-refractivity contribution >= 4 is 0 Å². The molecule has 3 aliphatic rings. The topological polar surface area (TPSA) is 9.23 Å². The largest absolute Gasteiger partial charge is 0.490 e. The molecule has 4 rings (SSSR count). The smallest absolute Gasteiger partial charge is 0.409 e. The van der Waals surface area contributed by atoms with Gasteiger partial charge in [0.05, 0.1) is 0 Å². The van der Waals surface area contributed by atoms with E-state index in [1.165, 1.54) is 69.8 Å². The molecule has 27 heavy (non-hydrogen) atoms. The Hall–Kier alpha value is -1.45. The Morgan fingerprint density at radius 1 is 0.963 bits per heavy atom. The van der Waals surface area contributed by atoms with Crippen LogP contribution in [0.4, 0.5) is 13.2 Å². The number of ether oxygens (including phenoxy) is 1. The lowest BCUT2D eigenvalue weighted by Crippen LogP contribution is -2.44. The molecular weight excluding hydrogens is 349 g/mol. The number of alkyl halides is 3. The molecule has 150 valence electrons. The molecule has 0 radical (unpaired) electrons. The molecule has 0 N–H and O–H groups in total. The number of hydrogen-bond acceptors (Lipinski definition) is 1. The van der Waals surface area contributed by atoms with Gasteiger partial charge in [-0.15, -0.1) is 0 Å². The first-order chi connectivity index (χ1) is 12.9. The van der Waals surface area contributed by atoms with Gasteiger partial charge >= 0.3 is 6.18 Å². The van der Waals surface area contributed by atoms with Crippen LogP contribution in [0.25, 0.3) is 0 Å². The molecule has 1 aromatic rings. The Bertz CT molecular complexity index is 605. The first-order valence-corrected chi connectivity index (χ1v) is 10.3. The third-order valence-corrected chi connectivity index (χ3v) is 6.83. The number of benzene rings is 1. The van der Waals surface area contributed by atoms with Gasteiger partial charge < -0.3 is 4.74 Å². The van der Waals surface area contributed by atoms with Crippen LogP contribution in [0, 0.1) is 5.41 Å². The number of allylic oxidation sites excluding steroid dienone is 1. The Morgan fingerprint density at radius 2 is 1.59 bits per heavy atom. The summed E-state index contributed by atoms with van der Waals surface area (Å²) in [5, 5.41) is 0. The van der Waals surface area contributed by atoms with Crippen LogP contribution in [0.1, 0.15) is 76.7 Å². The van der Waals surface area contributed by atoms with Crippen LogP contribution in [-0.4, -0.2) is 12.8 Å². The minimum atomic E-state index is -4.28. The zero-order valence-electron chi connectivity index (χ0n) is 16.3. The lowest BCUT2D eigenvalue weighted by atomic mass is 9.51. The van der Waals surface area contributed by atoms with E-state index < -0.39 is 6.18 Å². The average Bonchev–Trinajstić information content (AvgIpc) is 2.67. The number of halogens is 3. The second-order valence-corrected chi connectivity index (χ2v) is 8.52. The molecule has 0 spiro atoms. The maximum atomic E-state index is 12.1. The Balaban J connectivity index is 1.55. The predicted molar refractivity (Wildman–Crippen MR) is 103 cm³/mol. The van der Waals surface area contributed by atoms with E-state index in [9.17, 15) is 13.2 Å². The molecule has 1 nitrogen and oxygen atoms in total. The summed E-state index contributed by atoms with van der Waals surface area (Å²) in [5.41, 5.74) is 2.29. The van der Waals surface area contributed by atoms with Gasteiger partial charge in [-0.3, -0.25) is 0 Å². The molecule has 0 saturated heterocycles. The summed E-state index contributed by atoms with van der Waals surface area (Å²) >= 11 is 0. The van der Waals surface area contributed by atoms with Gasteiger partial charge in [-0.05, 0) is 79.5 Å². The van der Waals surface area contributed by atoms with Crippen LogP contribution in [0.5, 0.6) is 5.75 Å². The molecule has 3 saturated carbocycles. The fourth-order valence-corrected chi connectivity index (χ4v) is 5.05. The van der Waals surface area contributed by atoms with Crippen molar-refractivity contribution in [3.8, 4) is 5.75 Å². The summed E-state index contributed by atoms with van der Waals surface area (Å²) in [6.07, 6.45) is 10.2. The molecule has 0 atom stereocenters. The third kappa shape index (κ3) is 5.08. The summed E-state index contributed by atoms with van der Waals surface area (Å²) in [4.78, 5) is 0. The number of unbranched alkanes of at least 4 members (excludes halogenated alkanes) is 2. The number of rotatable bonds is 8. The highest BCUT2D eigenvalue weighted by molar-refractivity contribution is 5.34. The zero-order valence-corrected chi connectivity index (χ0v) is 16.3. The molecule has 4 heteroatoms. The van der Waals surface area contributed by atoms with Gasteiger partial charge in [0.1, 0.15) is 12.4 Å². The normalized spacial score (nSPS) is 28.0. The maximum Gasteiger partial charge on any atom is 0.409 e. The first-order valence-electron chi connectivity index (χ1n) is 10.3. The highest BCUT2D eigenvalue weighted by atomic mass is 19.4. The summed E-state index contributed by atoms with van der Waals surface area (Å²) in [6.45, 7) is 2.20. The Kier molecular flexibility index (Phi) is 6.22. The van der Waals surface area contributed by atoms with Gasteiger partial charge in [0.25, 0.3) is 0 Å². The minimum absolute atomic E-state index is 0.0652. The van der Waals surface area contributed by atoms with Crippen molar-refractivity contribution in [3.63, 3.8) is 0 Å². The standard InChI is InChI=1S/C23H31F3O/c1-2-3-4-10-21-12-15-22(16-13-21,17-14-21)19-6-8-20(9-7-19)27-18-5-11-23(24,25)26/h5-9,11H,2-4,10,12-18H2,1H3/b11-5+. The molecule has 0 amide bonds. The number of hydrogen-bond donors (Lipinski definition) is 0. The van der Waals surface area contributed by atoms with E-state index in [0.717, 1.165) is 6.08 Å². The van der Waals surface area contributed by atoms with Crippen molar-refractivity contribution in [3.05, 3.63) is 42.0 Å². The fraction of sp³-hybridized carbons (Fsp3) is 0.652. The van der Waals surface area contributed by atoms with E-state index in [0.29, 0.717) is 16.6 Å². The van der Waals surface area contributed by atoms with Crippen molar-refractivity contribution in [1.29, 1.82) is 0 Å². The van der Waals surface area contributed by atoms with Gasteiger partial charge in [0, 0.05) is 6.08 Å². The van der Waals surface area contributed by atoms with Gasteiger partial charge in [-0.1, -0.05) is 38.3 Å². The highest BCUT2D eigenvalue weighted by Crippen LogP contribution is 2.59. The van der Waals surface area contributed by atoms with Gasteiger partial charge in [0.2, 0.25) is 0 Å². The third-order valence-electron chi connectivity index (χ3n) is 6.83. The minimum Gasteiger partial charge on any atom is -0.490 e. The quantitative estimate of drug-likeness (QED) is 0.338. The monoisotopic (exact) mass is 380 g/mol. The molecular formula is C23H31F3O. The summed E-state index contributed by atoms with van der Waals surface area (Å²) in [6, 6.07) is 8.06. The summed E-state index contributed by atoms with van der Waals surface area (Å²) in [7, 11) is 0. The van der Waals surface area contributed by atoms with Crippen LogP contribution < -0.4 is 4.74 Å². The SMILES string of the molecule is CCCCCC12CCC(c3ccc(OC/C=C/C(F)(F)F)cc3)(CC1)CC2. The van der Waals surface area contributed by atoms with Gasteiger partial charge in [-0.25, -0.2) is 0 Å². The lowest BCUT2D eigenvalue weighted by Gasteiger charge is -2.54. The summed E-state index contributed by atoms with van der Waals surface area (Å²) < 4.78 is 41.7. The van der Waals surface area contributed by atoms with E-state index in [1.54, 1.807) is 0 Å². The lowest BCUT2D eigenvalue weighted by molar-refractivity contribution is -0.0801. The molecule has 3 aliphatic carbocycles. The molecule has 1 aromatic carbocycles. The van der Waals surface area contributed by atoms with Gasteiger partial charge in [-0.2, -0.15) is 13.2 Å². The van der Waals surface area contributed by atoms with Crippen molar-refractivity contribution in [2.45, 2.75) is 82.7 Å². The molecule has 3 fully saturated rings. The van der Waals surface area contributed by atoms with E-state index in [1.807, 2.05) is 12.1 Å².